The van der Waals surface area contributed by atoms with Crippen LogP contribution < -0.4 is 5.32 Å². The Morgan fingerprint density at radius 3 is 2.38 bits per heavy atom. The third-order valence-corrected chi connectivity index (χ3v) is 2.96. The number of hydrogen-bond acceptors (Lipinski definition) is 3. The molecule has 78 valence electrons. The predicted molar refractivity (Wildman–Crippen MR) is 54.8 cm³/mol. The van der Waals surface area contributed by atoms with Crippen molar-refractivity contribution in [2.24, 2.45) is 0 Å². The lowest BCUT2D eigenvalue weighted by Gasteiger charge is -2.37. The molecule has 0 aliphatic carbocycles. The standard InChI is InChI=1S/C10H22N2O/c1-9(2)12(3)8-10(13)4-6-11-7-5-10/h9,11,13H,4-8H2,1-3H3. The molecular formula is C10H22N2O. The second-order valence-electron chi connectivity index (χ2n) is 4.48. The Bertz CT molecular complexity index is 153. The van der Waals surface area contributed by atoms with Gasteiger partial charge < -0.3 is 15.3 Å². The number of hydrogen-bond donors (Lipinski definition) is 2. The van der Waals surface area contributed by atoms with Crippen LogP contribution in [0.4, 0.5) is 0 Å². The Kier molecular flexibility index (Phi) is 3.71. The average Bonchev–Trinajstić information content (AvgIpc) is 2.04. The van der Waals surface area contributed by atoms with Crippen molar-refractivity contribution in [3.8, 4) is 0 Å². The number of aliphatic hydroxyl groups is 1. The molecule has 0 aromatic rings. The number of nitrogens with one attached hydrogen (secondary N) is 1. The van der Waals surface area contributed by atoms with Crippen LogP contribution in [0.3, 0.4) is 0 Å². The van der Waals surface area contributed by atoms with Gasteiger partial charge >= 0.3 is 0 Å². The van der Waals surface area contributed by atoms with Gasteiger partial charge in [-0.2, -0.15) is 0 Å². The number of nitrogens with zero attached hydrogens (tertiary/aromatic N) is 1. The first-order valence-corrected chi connectivity index (χ1v) is 5.17. The number of likely N-dealkylation sites (N-methyl/N-ethyl adjacent to an activating group) is 1. The summed E-state index contributed by atoms with van der Waals surface area (Å²) in [5.41, 5.74) is -0.454. The van der Waals surface area contributed by atoms with E-state index in [0.29, 0.717) is 6.04 Å². The molecule has 1 aliphatic heterocycles. The molecule has 3 nitrogen and oxygen atoms in total. The van der Waals surface area contributed by atoms with E-state index in [2.05, 4.69) is 31.1 Å². The van der Waals surface area contributed by atoms with Gasteiger partial charge in [0.05, 0.1) is 5.60 Å². The average molecular weight is 186 g/mol. The summed E-state index contributed by atoms with van der Waals surface area (Å²) < 4.78 is 0. The summed E-state index contributed by atoms with van der Waals surface area (Å²) in [6.07, 6.45) is 1.76. The molecule has 1 saturated heterocycles. The molecule has 0 bridgehead atoms. The molecule has 1 rings (SSSR count). The molecule has 0 atom stereocenters. The summed E-state index contributed by atoms with van der Waals surface area (Å²) in [4.78, 5) is 2.21. The fourth-order valence-electron chi connectivity index (χ4n) is 1.70. The number of rotatable bonds is 3. The lowest BCUT2D eigenvalue weighted by Crippen LogP contribution is -2.50. The summed E-state index contributed by atoms with van der Waals surface area (Å²) in [7, 11) is 2.07. The zero-order valence-corrected chi connectivity index (χ0v) is 9.01. The van der Waals surface area contributed by atoms with Crippen molar-refractivity contribution in [3.05, 3.63) is 0 Å². The minimum absolute atomic E-state index is 0.454. The van der Waals surface area contributed by atoms with Crippen LogP contribution in [0.2, 0.25) is 0 Å². The van der Waals surface area contributed by atoms with E-state index in [1.807, 2.05) is 0 Å². The minimum atomic E-state index is -0.454. The van der Waals surface area contributed by atoms with Gasteiger partial charge in [0.15, 0.2) is 0 Å². The molecule has 3 heteroatoms. The maximum Gasteiger partial charge on any atom is 0.0798 e. The van der Waals surface area contributed by atoms with Crippen molar-refractivity contribution < 1.29 is 5.11 Å². The molecule has 1 aliphatic rings. The highest BCUT2D eigenvalue weighted by atomic mass is 16.3. The second kappa shape index (κ2) is 4.40. The monoisotopic (exact) mass is 186 g/mol. The second-order valence-corrected chi connectivity index (χ2v) is 4.48. The first-order valence-electron chi connectivity index (χ1n) is 5.17. The Morgan fingerprint density at radius 2 is 1.92 bits per heavy atom. The molecule has 0 aromatic heterocycles. The zero-order chi connectivity index (χ0) is 9.90. The third-order valence-electron chi connectivity index (χ3n) is 2.96. The molecule has 13 heavy (non-hydrogen) atoms. The molecule has 0 amide bonds. The van der Waals surface area contributed by atoms with Crippen LogP contribution in [-0.2, 0) is 0 Å². The molecule has 0 unspecified atom stereocenters. The van der Waals surface area contributed by atoms with Gasteiger partial charge in [0.1, 0.15) is 0 Å². The van der Waals surface area contributed by atoms with E-state index in [4.69, 9.17) is 0 Å². The van der Waals surface area contributed by atoms with E-state index >= 15 is 0 Å². The molecular weight excluding hydrogens is 164 g/mol. The summed E-state index contributed by atoms with van der Waals surface area (Å²) in [5, 5.41) is 13.5. The van der Waals surface area contributed by atoms with Crippen molar-refractivity contribution in [2.45, 2.75) is 38.3 Å². The fourth-order valence-corrected chi connectivity index (χ4v) is 1.70. The molecule has 1 fully saturated rings. The van der Waals surface area contributed by atoms with Crippen molar-refractivity contribution in [3.63, 3.8) is 0 Å². The van der Waals surface area contributed by atoms with Gasteiger partial charge in [-0.15, -0.1) is 0 Å². The van der Waals surface area contributed by atoms with Gasteiger partial charge in [-0.3, -0.25) is 0 Å². The lowest BCUT2D eigenvalue weighted by molar-refractivity contribution is -0.0211. The Morgan fingerprint density at radius 1 is 1.38 bits per heavy atom. The van der Waals surface area contributed by atoms with E-state index in [0.717, 1.165) is 32.5 Å². The van der Waals surface area contributed by atoms with Crippen molar-refractivity contribution >= 4 is 0 Å². The molecule has 0 saturated carbocycles. The van der Waals surface area contributed by atoms with E-state index in [1.54, 1.807) is 0 Å². The molecule has 2 N–H and O–H groups in total. The van der Waals surface area contributed by atoms with Crippen molar-refractivity contribution in [2.75, 3.05) is 26.7 Å². The van der Waals surface area contributed by atoms with Crippen LogP contribution in [0, 0.1) is 0 Å². The van der Waals surface area contributed by atoms with Crippen LogP contribution in [-0.4, -0.2) is 48.3 Å². The van der Waals surface area contributed by atoms with Gasteiger partial charge in [-0.05, 0) is 46.8 Å². The van der Waals surface area contributed by atoms with Crippen LogP contribution in [0.25, 0.3) is 0 Å². The highest BCUT2D eigenvalue weighted by Crippen LogP contribution is 2.19. The van der Waals surface area contributed by atoms with Gasteiger partial charge in [-0.1, -0.05) is 0 Å². The van der Waals surface area contributed by atoms with Crippen molar-refractivity contribution in [1.82, 2.24) is 10.2 Å². The third kappa shape index (κ3) is 3.25. The Labute approximate surface area is 81.1 Å². The van der Waals surface area contributed by atoms with E-state index in [9.17, 15) is 5.11 Å². The molecule has 1 heterocycles. The Balaban J connectivity index is 2.40. The summed E-state index contributed by atoms with van der Waals surface area (Å²) in [6, 6.07) is 0.513. The van der Waals surface area contributed by atoms with Gasteiger partial charge in [0.25, 0.3) is 0 Å². The predicted octanol–water partition coefficient (Wildman–Crippen LogP) is 0.441. The highest BCUT2D eigenvalue weighted by Gasteiger charge is 2.30. The first-order chi connectivity index (χ1) is 6.03. The molecule has 0 spiro atoms. The van der Waals surface area contributed by atoms with Gasteiger partial charge in [-0.25, -0.2) is 0 Å². The topological polar surface area (TPSA) is 35.5 Å². The lowest BCUT2D eigenvalue weighted by atomic mass is 9.92. The Hall–Kier alpha value is -0.120. The smallest absolute Gasteiger partial charge is 0.0798 e. The fraction of sp³-hybridized carbons (Fsp3) is 1.00. The number of piperidine rings is 1. The van der Waals surface area contributed by atoms with Crippen molar-refractivity contribution in [1.29, 1.82) is 0 Å². The SMILES string of the molecule is CC(C)N(C)CC1(O)CCNCC1. The van der Waals surface area contributed by atoms with E-state index in [1.165, 1.54) is 0 Å². The van der Waals surface area contributed by atoms with Crippen LogP contribution in [0.5, 0.6) is 0 Å². The van der Waals surface area contributed by atoms with E-state index < -0.39 is 5.60 Å². The molecule has 0 radical (unpaired) electrons. The van der Waals surface area contributed by atoms with Gasteiger partial charge in [0, 0.05) is 12.6 Å². The van der Waals surface area contributed by atoms with E-state index in [-0.39, 0.29) is 0 Å². The largest absolute Gasteiger partial charge is 0.388 e. The maximum atomic E-state index is 10.2. The quantitative estimate of drug-likeness (QED) is 0.671. The summed E-state index contributed by atoms with van der Waals surface area (Å²) in [5.74, 6) is 0. The molecule has 0 aromatic carbocycles. The highest BCUT2D eigenvalue weighted by molar-refractivity contribution is 4.87. The summed E-state index contributed by atoms with van der Waals surface area (Å²) in [6.45, 7) is 7.01. The maximum absolute atomic E-state index is 10.2. The first kappa shape index (κ1) is 11.0. The van der Waals surface area contributed by atoms with Crippen LogP contribution in [0.15, 0.2) is 0 Å². The van der Waals surface area contributed by atoms with Crippen LogP contribution >= 0.6 is 0 Å². The van der Waals surface area contributed by atoms with Gasteiger partial charge in [0.2, 0.25) is 0 Å². The normalized spacial score (nSPS) is 22.6. The minimum Gasteiger partial charge on any atom is -0.388 e. The van der Waals surface area contributed by atoms with Crippen LogP contribution in [0.1, 0.15) is 26.7 Å². The zero-order valence-electron chi connectivity index (χ0n) is 9.01. The summed E-state index contributed by atoms with van der Waals surface area (Å²) >= 11 is 0.